The van der Waals surface area contributed by atoms with Gasteiger partial charge in [0.1, 0.15) is 0 Å². The third kappa shape index (κ3) is 3.45. The van der Waals surface area contributed by atoms with Gasteiger partial charge in [0, 0.05) is 23.8 Å². The van der Waals surface area contributed by atoms with Gasteiger partial charge in [-0.05, 0) is 30.7 Å². The van der Waals surface area contributed by atoms with Crippen LogP contribution in [0, 0.1) is 0 Å². The van der Waals surface area contributed by atoms with Crippen LogP contribution in [0.3, 0.4) is 0 Å². The number of hydrogen-bond acceptors (Lipinski definition) is 3. The Balaban J connectivity index is 0.00000162. The fourth-order valence-electron chi connectivity index (χ4n) is 1.81. The Morgan fingerprint density at radius 2 is 2.28 bits per heavy atom. The number of fused-ring (bicyclic) bond motifs is 1. The van der Waals surface area contributed by atoms with Crippen LogP contribution >= 0.6 is 12.4 Å². The Morgan fingerprint density at radius 1 is 1.56 bits per heavy atom. The van der Waals surface area contributed by atoms with Gasteiger partial charge in [0.2, 0.25) is 11.8 Å². The van der Waals surface area contributed by atoms with Crippen LogP contribution in [0.25, 0.3) is 0 Å². The van der Waals surface area contributed by atoms with Gasteiger partial charge >= 0.3 is 0 Å². The van der Waals surface area contributed by atoms with Crippen molar-refractivity contribution in [2.45, 2.75) is 25.8 Å². The molecule has 1 aliphatic rings. The molecule has 1 aromatic rings. The van der Waals surface area contributed by atoms with E-state index in [0.717, 1.165) is 11.3 Å². The zero-order valence-corrected chi connectivity index (χ0v) is 10.8. The molecular formula is C12H16ClN3O2. The number of carbonyl (C=O) groups excluding carboxylic acids is 2. The summed E-state index contributed by atoms with van der Waals surface area (Å²) in [4.78, 5) is 22.7. The monoisotopic (exact) mass is 269 g/mol. The molecule has 1 aliphatic heterocycles. The second-order valence-electron chi connectivity index (χ2n) is 4.33. The Kier molecular flexibility index (Phi) is 4.69. The van der Waals surface area contributed by atoms with Gasteiger partial charge in [-0.3, -0.25) is 9.59 Å². The Hall–Kier alpha value is -1.59. The molecule has 6 heteroatoms. The molecule has 1 heterocycles. The third-order valence-corrected chi connectivity index (χ3v) is 2.52. The van der Waals surface area contributed by atoms with Crippen LogP contribution in [0.4, 0.5) is 11.4 Å². The van der Waals surface area contributed by atoms with Crippen molar-refractivity contribution in [1.82, 2.24) is 0 Å². The highest BCUT2D eigenvalue weighted by molar-refractivity contribution is 6.00. The number of carbonyl (C=O) groups is 2. The lowest BCUT2D eigenvalue weighted by atomic mass is 10.1. The quantitative estimate of drug-likeness (QED) is 0.773. The van der Waals surface area contributed by atoms with E-state index in [0.29, 0.717) is 12.1 Å². The third-order valence-electron chi connectivity index (χ3n) is 2.52. The van der Waals surface area contributed by atoms with Crippen molar-refractivity contribution in [2.75, 3.05) is 10.6 Å². The van der Waals surface area contributed by atoms with E-state index < -0.39 is 0 Å². The standard InChI is InChI=1S/C12H15N3O2.ClH/c1-7(13)4-11(16)14-9-2-3-10-8(5-9)6-12(17)15-10;/h2-3,5,7H,4,6,13H2,1H3,(H,14,16)(H,15,17);1H. The number of amides is 2. The van der Waals surface area contributed by atoms with Crippen LogP contribution in [0.2, 0.25) is 0 Å². The maximum absolute atomic E-state index is 11.5. The fourth-order valence-corrected chi connectivity index (χ4v) is 1.81. The SMILES string of the molecule is CC(N)CC(=O)Nc1ccc2c(c1)CC(=O)N2.Cl. The number of anilines is 2. The summed E-state index contributed by atoms with van der Waals surface area (Å²) in [5.74, 6) is -0.128. The van der Waals surface area contributed by atoms with E-state index in [4.69, 9.17) is 5.73 Å². The van der Waals surface area contributed by atoms with Crippen LogP contribution in [-0.2, 0) is 16.0 Å². The lowest BCUT2D eigenvalue weighted by molar-refractivity contribution is -0.116. The topological polar surface area (TPSA) is 84.2 Å². The lowest BCUT2D eigenvalue weighted by Gasteiger charge is -2.08. The second kappa shape index (κ2) is 5.84. The maximum atomic E-state index is 11.5. The summed E-state index contributed by atoms with van der Waals surface area (Å²) in [6.07, 6.45) is 0.653. The highest BCUT2D eigenvalue weighted by Gasteiger charge is 2.17. The van der Waals surface area contributed by atoms with Crippen molar-refractivity contribution in [3.63, 3.8) is 0 Å². The van der Waals surface area contributed by atoms with Crippen LogP contribution in [0.15, 0.2) is 18.2 Å². The Bertz CT molecular complexity index is 474. The molecule has 5 nitrogen and oxygen atoms in total. The van der Waals surface area contributed by atoms with Gasteiger partial charge in [0.15, 0.2) is 0 Å². The molecule has 0 bridgehead atoms. The number of benzene rings is 1. The summed E-state index contributed by atoms with van der Waals surface area (Å²) < 4.78 is 0. The number of rotatable bonds is 3. The lowest BCUT2D eigenvalue weighted by Crippen LogP contribution is -2.23. The predicted octanol–water partition coefficient (Wildman–Crippen LogP) is 1.28. The molecule has 98 valence electrons. The first-order valence-corrected chi connectivity index (χ1v) is 5.53. The molecule has 1 aromatic carbocycles. The summed E-state index contributed by atoms with van der Waals surface area (Å²) >= 11 is 0. The first-order chi connectivity index (χ1) is 8.04. The van der Waals surface area contributed by atoms with E-state index in [9.17, 15) is 9.59 Å². The number of hydrogen-bond donors (Lipinski definition) is 3. The first-order valence-electron chi connectivity index (χ1n) is 5.53. The van der Waals surface area contributed by atoms with Gasteiger partial charge in [-0.15, -0.1) is 12.4 Å². The van der Waals surface area contributed by atoms with Gasteiger partial charge in [-0.25, -0.2) is 0 Å². The molecule has 0 aliphatic carbocycles. The summed E-state index contributed by atoms with van der Waals surface area (Å²) in [6, 6.07) is 5.21. The molecule has 0 saturated carbocycles. The van der Waals surface area contributed by atoms with Crippen molar-refractivity contribution in [3.8, 4) is 0 Å². The smallest absolute Gasteiger partial charge is 0.228 e. The summed E-state index contributed by atoms with van der Waals surface area (Å²) in [5.41, 5.74) is 7.97. The van der Waals surface area contributed by atoms with Crippen molar-refractivity contribution in [3.05, 3.63) is 23.8 Å². The molecule has 4 N–H and O–H groups in total. The summed E-state index contributed by atoms with van der Waals surface area (Å²) in [7, 11) is 0. The molecule has 2 rings (SSSR count). The van der Waals surface area contributed by atoms with E-state index >= 15 is 0 Å². The summed E-state index contributed by atoms with van der Waals surface area (Å²) in [5, 5.41) is 5.50. The van der Waals surface area contributed by atoms with Crippen LogP contribution in [0.1, 0.15) is 18.9 Å². The average molecular weight is 270 g/mol. The normalized spacial score (nSPS) is 14.2. The molecular weight excluding hydrogens is 254 g/mol. The molecule has 1 atom stereocenters. The average Bonchev–Trinajstić information content (AvgIpc) is 2.55. The van der Waals surface area contributed by atoms with Gasteiger partial charge in [0.05, 0.1) is 6.42 Å². The minimum Gasteiger partial charge on any atom is -0.327 e. The molecule has 0 radical (unpaired) electrons. The minimum atomic E-state index is -0.160. The van der Waals surface area contributed by atoms with Crippen molar-refractivity contribution in [2.24, 2.45) is 5.73 Å². The molecule has 0 fully saturated rings. The van der Waals surface area contributed by atoms with Crippen LogP contribution < -0.4 is 16.4 Å². The molecule has 0 aromatic heterocycles. The van der Waals surface area contributed by atoms with E-state index in [1.165, 1.54) is 0 Å². The molecule has 2 amide bonds. The fraction of sp³-hybridized carbons (Fsp3) is 0.333. The molecule has 1 unspecified atom stereocenters. The maximum Gasteiger partial charge on any atom is 0.228 e. The number of halogens is 1. The van der Waals surface area contributed by atoms with Crippen LogP contribution in [0.5, 0.6) is 0 Å². The van der Waals surface area contributed by atoms with E-state index in [1.54, 1.807) is 19.1 Å². The predicted molar refractivity (Wildman–Crippen MR) is 72.9 cm³/mol. The molecule has 0 saturated heterocycles. The van der Waals surface area contributed by atoms with Crippen molar-refractivity contribution < 1.29 is 9.59 Å². The zero-order valence-electron chi connectivity index (χ0n) is 10.0. The zero-order chi connectivity index (χ0) is 12.4. The van der Waals surface area contributed by atoms with Gasteiger partial charge < -0.3 is 16.4 Å². The second-order valence-corrected chi connectivity index (χ2v) is 4.33. The van der Waals surface area contributed by atoms with Gasteiger partial charge in [-0.1, -0.05) is 0 Å². The van der Waals surface area contributed by atoms with Crippen LogP contribution in [-0.4, -0.2) is 17.9 Å². The number of nitrogens with two attached hydrogens (primary N) is 1. The Morgan fingerprint density at radius 3 is 2.94 bits per heavy atom. The minimum absolute atomic E-state index is 0. The van der Waals surface area contributed by atoms with Crippen molar-refractivity contribution >= 4 is 35.6 Å². The first kappa shape index (κ1) is 14.5. The highest BCUT2D eigenvalue weighted by atomic mass is 35.5. The van der Waals surface area contributed by atoms with E-state index in [2.05, 4.69) is 10.6 Å². The number of nitrogens with one attached hydrogen (secondary N) is 2. The summed E-state index contributed by atoms with van der Waals surface area (Å²) in [6.45, 7) is 1.78. The largest absolute Gasteiger partial charge is 0.327 e. The van der Waals surface area contributed by atoms with E-state index in [-0.39, 0.29) is 36.7 Å². The molecule has 18 heavy (non-hydrogen) atoms. The van der Waals surface area contributed by atoms with Crippen molar-refractivity contribution in [1.29, 1.82) is 0 Å². The van der Waals surface area contributed by atoms with E-state index in [1.807, 2.05) is 6.07 Å². The van der Waals surface area contributed by atoms with Gasteiger partial charge in [-0.2, -0.15) is 0 Å². The Labute approximate surface area is 112 Å². The molecule has 0 spiro atoms. The highest BCUT2D eigenvalue weighted by Crippen LogP contribution is 2.25. The van der Waals surface area contributed by atoms with Gasteiger partial charge in [0.25, 0.3) is 0 Å².